The number of hydrogen-bond acceptors (Lipinski definition) is 5. The van der Waals surface area contributed by atoms with Crippen LogP contribution in [0.2, 0.25) is 0 Å². The lowest BCUT2D eigenvalue weighted by Gasteiger charge is -2.40. The lowest BCUT2D eigenvalue weighted by atomic mass is 9.74. The fourth-order valence-corrected chi connectivity index (χ4v) is 5.70. The Labute approximate surface area is 197 Å². The first-order chi connectivity index (χ1) is 16.0. The van der Waals surface area contributed by atoms with Crippen LogP contribution in [-0.4, -0.2) is 58.6 Å². The van der Waals surface area contributed by atoms with Crippen molar-refractivity contribution < 1.29 is 19.2 Å². The summed E-state index contributed by atoms with van der Waals surface area (Å²) in [5.41, 5.74) is -0.549. The molecule has 2 aromatic rings. The van der Waals surface area contributed by atoms with E-state index in [1.54, 1.807) is 46.6 Å². The Kier molecular flexibility index (Phi) is 6.93. The Morgan fingerprint density at radius 2 is 1.82 bits per heavy atom. The summed E-state index contributed by atoms with van der Waals surface area (Å²) in [7, 11) is 0. The zero-order valence-electron chi connectivity index (χ0n) is 18.8. The highest BCUT2D eigenvalue weighted by Crippen LogP contribution is 2.37. The molecule has 0 aliphatic carbocycles. The molecule has 4 rings (SSSR count). The Hall–Kier alpha value is -3.00. The summed E-state index contributed by atoms with van der Waals surface area (Å²) in [6.07, 6.45) is 3.11. The molecule has 3 heterocycles. The second kappa shape index (κ2) is 9.87. The number of benzene rings is 1. The number of nitrogens with one attached hydrogen (secondary N) is 1. The van der Waals surface area contributed by atoms with Crippen LogP contribution in [0.15, 0.2) is 47.8 Å². The van der Waals surface area contributed by atoms with E-state index in [4.69, 9.17) is 0 Å². The van der Waals surface area contributed by atoms with E-state index in [0.29, 0.717) is 50.9 Å². The molecule has 0 radical (unpaired) electrons. The van der Waals surface area contributed by atoms with E-state index >= 15 is 0 Å². The van der Waals surface area contributed by atoms with E-state index in [-0.39, 0.29) is 17.9 Å². The smallest absolute Gasteiger partial charge is 0.325 e. The summed E-state index contributed by atoms with van der Waals surface area (Å²) in [4.78, 5) is 55.6. The van der Waals surface area contributed by atoms with Crippen molar-refractivity contribution in [3.8, 4) is 0 Å². The molecule has 0 unspecified atom stereocenters. The SMILES string of the molecule is CCC[C@@]1(C2CCN(C(=O)C(=O)c3ccccc3)CC2)NC(=O)N(CCc2cccs2)C1=O. The van der Waals surface area contributed by atoms with Gasteiger partial charge in [0, 0.05) is 30.1 Å². The van der Waals surface area contributed by atoms with Crippen molar-refractivity contribution in [2.24, 2.45) is 5.92 Å². The minimum atomic E-state index is -0.931. The van der Waals surface area contributed by atoms with Crippen molar-refractivity contribution in [3.63, 3.8) is 0 Å². The van der Waals surface area contributed by atoms with Crippen molar-refractivity contribution >= 4 is 35.0 Å². The quantitative estimate of drug-likeness (QED) is 0.366. The van der Waals surface area contributed by atoms with E-state index in [2.05, 4.69) is 5.32 Å². The van der Waals surface area contributed by atoms with E-state index in [1.807, 2.05) is 24.4 Å². The number of rotatable bonds is 8. The van der Waals surface area contributed by atoms with Gasteiger partial charge in [0.15, 0.2) is 0 Å². The number of imide groups is 1. The molecular formula is C25H29N3O4S. The van der Waals surface area contributed by atoms with Gasteiger partial charge >= 0.3 is 6.03 Å². The molecule has 33 heavy (non-hydrogen) atoms. The summed E-state index contributed by atoms with van der Waals surface area (Å²) >= 11 is 1.62. The molecule has 8 heteroatoms. The number of carbonyl (C=O) groups excluding carboxylic acids is 4. The highest BCUT2D eigenvalue weighted by atomic mass is 32.1. The standard InChI is InChI=1S/C25H29N3O4S/c1-2-13-25(23(31)28(24(32)26-25)16-12-20-9-6-17-33-20)19-10-14-27(15-11-19)22(30)21(29)18-7-4-3-5-8-18/h3-9,17,19H,2,10-16H2,1H3,(H,26,32)/t25-/m0/s1. The number of urea groups is 1. The fourth-order valence-electron chi connectivity index (χ4n) is 5.00. The molecule has 1 aromatic carbocycles. The number of Topliss-reactive ketones (excluding diaryl/α,β-unsaturated/α-hetero) is 1. The van der Waals surface area contributed by atoms with Crippen LogP contribution in [0.3, 0.4) is 0 Å². The molecule has 0 spiro atoms. The number of hydrogen-bond donors (Lipinski definition) is 1. The van der Waals surface area contributed by atoms with Gasteiger partial charge in [0.25, 0.3) is 11.8 Å². The van der Waals surface area contributed by atoms with Crippen LogP contribution in [0.4, 0.5) is 4.79 Å². The molecule has 2 saturated heterocycles. The number of likely N-dealkylation sites (tertiary alicyclic amines) is 1. The number of ketones is 1. The van der Waals surface area contributed by atoms with Crippen molar-refractivity contribution in [2.45, 2.75) is 44.6 Å². The predicted molar refractivity (Wildman–Crippen MR) is 126 cm³/mol. The van der Waals surface area contributed by atoms with E-state index < -0.39 is 17.2 Å². The fraction of sp³-hybridized carbons (Fsp3) is 0.440. The normalized spacial score (nSPS) is 21.4. The average molecular weight is 468 g/mol. The van der Waals surface area contributed by atoms with Crippen molar-refractivity contribution in [3.05, 3.63) is 58.3 Å². The van der Waals surface area contributed by atoms with Crippen LogP contribution in [-0.2, 0) is 16.0 Å². The van der Waals surface area contributed by atoms with Gasteiger partial charge in [0.05, 0.1) is 0 Å². The van der Waals surface area contributed by atoms with Gasteiger partial charge in [-0.2, -0.15) is 0 Å². The van der Waals surface area contributed by atoms with Gasteiger partial charge in [0.2, 0.25) is 5.78 Å². The minimum absolute atomic E-state index is 0.0727. The lowest BCUT2D eigenvalue weighted by molar-refractivity contribution is -0.135. The Morgan fingerprint density at radius 1 is 1.09 bits per heavy atom. The molecular weight excluding hydrogens is 438 g/mol. The Morgan fingerprint density at radius 3 is 2.45 bits per heavy atom. The Balaban J connectivity index is 1.42. The van der Waals surface area contributed by atoms with Crippen LogP contribution in [0, 0.1) is 5.92 Å². The summed E-state index contributed by atoms with van der Waals surface area (Å²) in [5, 5.41) is 5.02. The monoisotopic (exact) mass is 467 g/mol. The number of carbonyl (C=O) groups is 4. The van der Waals surface area contributed by atoms with Crippen LogP contribution >= 0.6 is 11.3 Å². The number of nitrogens with zero attached hydrogens (tertiary/aromatic N) is 2. The second-order valence-corrected chi connectivity index (χ2v) is 9.73. The topological polar surface area (TPSA) is 86.8 Å². The highest BCUT2D eigenvalue weighted by Gasteiger charge is 2.55. The second-order valence-electron chi connectivity index (χ2n) is 8.70. The molecule has 1 N–H and O–H groups in total. The van der Waals surface area contributed by atoms with E-state index in [9.17, 15) is 19.2 Å². The molecule has 2 fully saturated rings. The maximum atomic E-state index is 13.5. The first kappa shape index (κ1) is 23.2. The minimum Gasteiger partial charge on any atom is -0.336 e. The van der Waals surface area contributed by atoms with Crippen LogP contribution in [0.5, 0.6) is 0 Å². The van der Waals surface area contributed by atoms with Gasteiger partial charge in [-0.05, 0) is 43.0 Å². The molecule has 0 saturated carbocycles. The highest BCUT2D eigenvalue weighted by molar-refractivity contribution is 7.09. The van der Waals surface area contributed by atoms with E-state index in [1.165, 1.54) is 4.90 Å². The Bertz CT molecular complexity index is 1020. The molecule has 2 aliphatic rings. The van der Waals surface area contributed by atoms with Gasteiger partial charge in [0.1, 0.15) is 5.54 Å². The maximum absolute atomic E-state index is 13.5. The molecule has 0 bridgehead atoms. The summed E-state index contributed by atoms with van der Waals surface area (Å²) in [6.45, 7) is 3.16. The first-order valence-corrected chi connectivity index (χ1v) is 12.4. The average Bonchev–Trinajstić information content (AvgIpc) is 3.44. The predicted octanol–water partition coefficient (Wildman–Crippen LogP) is 3.50. The maximum Gasteiger partial charge on any atom is 0.325 e. The number of thiophene rings is 1. The summed E-state index contributed by atoms with van der Waals surface area (Å²) in [6, 6.07) is 12.2. The molecule has 7 nitrogen and oxygen atoms in total. The third-order valence-corrected chi connectivity index (χ3v) is 7.65. The zero-order chi connectivity index (χ0) is 23.4. The molecule has 2 aliphatic heterocycles. The number of piperidine rings is 1. The molecule has 4 amide bonds. The summed E-state index contributed by atoms with van der Waals surface area (Å²) < 4.78 is 0. The van der Waals surface area contributed by atoms with Gasteiger partial charge in [-0.25, -0.2) is 4.79 Å². The largest absolute Gasteiger partial charge is 0.336 e. The third-order valence-electron chi connectivity index (χ3n) is 6.72. The van der Waals surface area contributed by atoms with Gasteiger partial charge < -0.3 is 10.2 Å². The molecule has 1 aromatic heterocycles. The van der Waals surface area contributed by atoms with Gasteiger partial charge in [-0.1, -0.05) is 49.7 Å². The van der Waals surface area contributed by atoms with Crippen LogP contribution in [0.1, 0.15) is 47.8 Å². The first-order valence-electron chi connectivity index (χ1n) is 11.5. The zero-order valence-corrected chi connectivity index (χ0v) is 19.6. The van der Waals surface area contributed by atoms with Crippen molar-refractivity contribution in [1.29, 1.82) is 0 Å². The van der Waals surface area contributed by atoms with Crippen LogP contribution < -0.4 is 5.32 Å². The number of amides is 4. The molecule has 1 atom stereocenters. The molecule has 174 valence electrons. The summed E-state index contributed by atoms with van der Waals surface area (Å²) in [5.74, 6) is -1.25. The van der Waals surface area contributed by atoms with Gasteiger partial charge in [-0.3, -0.25) is 19.3 Å². The van der Waals surface area contributed by atoms with Crippen LogP contribution in [0.25, 0.3) is 0 Å². The van der Waals surface area contributed by atoms with E-state index in [0.717, 1.165) is 11.3 Å². The lowest BCUT2D eigenvalue weighted by Crippen LogP contribution is -2.57. The van der Waals surface area contributed by atoms with Crippen molar-refractivity contribution in [1.82, 2.24) is 15.1 Å². The van der Waals surface area contributed by atoms with Crippen molar-refractivity contribution in [2.75, 3.05) is 19.6 Å². The third kappa shape index (κ3) is 4.57. The van der Waals surface area contributed by atoms with Gasteiger partial charge in [-0.15, -0.1) is 11.3 Å².